The lowest BCUT2D eigenvalue weighted by Crippen LogP contribution is -2.08. The highest BCUT2D eigenvalue weighted by molar-refractivity contribution is 7.10. The highest BCUT2D eigenvalue weighted by atomic mass is 32.1. The number of esters is 1. The van der Waals surface area contributed by atoms with Crippen LogP contribution in [0.4, 0.5) is 0 Å². The molecule has 2 heterocycles. The monoisotopic (exact) mass is 348 g/mol. The van der Waals surface area contributed by atoms with Gasteiger partial charge in [0.2, 0.25) is 5.78 Å². The van der Waals surface area contributed by atoms with Crippen LogP contribution in [0.5, 0.6) is 11.5 Å². The molecule has 1 aromatic heterocycles. The topological polar surface area (TPSA) is 52.6 Å². The summed E-state index contributed by atoms with van der Waals surface area (Å²) in [5.41, 5.74) is 0.917. The molecule has 4 nitrogen and oxygen atoms in total. The van der Waals surface area contributed by atoms with Crippen molar-refractivity contribution >= 4 is 29.2 Å². The fourth-order valence-corrected chi connectivity index (χ4v) is 3.12. The smallest absolute Gasteiger partial charge is 0.343 e. The molecule has 0 fully saturated rings. The van der Waals surface area contributed by atoms with Crippen LogP contribution in [0.3, 0.4) is 0 Å². The second-order valence-corrected chi connectivity index (χ2v) is 6.35. The van der Waals surface area contributed by atoms with E-state index < -0.39 is 5.97 Å². The van der Waals surface area contributed by atoms with Gasteiger partial charge < -0.3 is 9.47 Å². The van der Waals surface area contributed by atoms with Crippen molar-refractivity contribution in [3.63, 3.8) is 0 Å². The van der Waals surface area contributed by atoms with Crippen molar-refractivity contribution in [2.24, 2.45) is 0 Å². The number of ketones is 1. The lowest BCUT2D eigenvalue weighted by atomic mass is 10.1. The van der Waals surface area contributed by atoms with Crippen LogP contribution in [0.2, 0.25) is 0 Å². The van der Waals surface area contributed by atoms with E-state index in [1.54, 1.807) is 48.5 Å². The SMILES string of the molecule is O=C(Oc1ccc2c(c1)O/C(=C\c1cccs1)C2=O)c1ccccc1. The molecule has 1 aliphatic rings. The van der Waals surface area contributed by atoms with Gasteiger partial charge in [-0.15, -0.1) is 11.3 Å². The van der Waals surface area contributed by atoms with Crippen molar-refractivity contribution in [1.29, 1.82) is 0 Å². The molecule has 1 aliphatic heterocycles. The number of benzene rings is 2. The molecule has 0 bridgehead atoms. The number of fused-ring (bicyclic) bond motifs is 1. The van der Waals surface area contributed by atoms with Gasteiger partial charge in [-0.05, 0) is 35.7 Å². The number of rotatable bonds is 3. The summed E-state index contributed by atoms with van der Waals surface area (Å²) in [5.74, 6) is 0.358. The maximum atomic E-state index is 12.4. The Hall–Kier alpha value is -3.18. The predicted molar refractivity (Wildman–Crippen MR) is 95.1 cm³/mol. The van der Waals surface area contributed by atoms with Gasteiger partial charge in [-0.25, -0.2) is 4.79 Å². The molecular formula is C20H12O4S. The summed E-state index contributed by atoms with van der Waals surface area (Å²) in [7, 11) is 0. The molecule has 0 saturated heterocycles. The van der Waals surface area contributed by atoms with Crippen LogP contribution in [0.15, 0.2) is 71.8 Å². The van der Waals surface area contributed by atoms with Crippen molar-refractivity contribution in [1.82, 2.24) is 0 Å². The minimum atomic E-state index is -0.459. The number of carbonyl (C=O) groups excluding carboxylic acids is 2. The molecule has 5 heteroatoms. The van der Waals surface area contributed by atoms with E-state index in [1.807, 2.05) is 23.6 Å². The van der Waals surface area contributed by atoms with E-state index in [9.17, 15) is 9.59 Å². The average molecular weight is 348 g/mol. The van der Waals surface area contributed by atoms with E-state index in [0.717, 1.165) is 4.88 Å². The summed E-state index contributed by atoms with van der Waals surface area (Å²) in [4.78, 5) is 25.4. The van der Waals surface area contributed by atoms with Crippen LogP contribution in [0.25, 0.3) is 6.08 Å². The fraction of sp³-hybridized carbons (Fsp3) is 0. The van der Waals surface area contributed by atoms with Gasteiger partial charge in [-0.3, -0.25) is 4.79 Å². The van der Waals surface area contributed by atoms with Crippen LogP contribution in [-0.4, -0.2) is 11.8 Å². The van der Waals surface area contributed by atoms with E-state index >= 15 is 0 Å². The van der Waals surface area contributed by atoms with E-state index in [0.29, 0.717) is 22.6 Å². The summed E-state index contributed by atoms with van der Waals surface area (Å²) in [6, 6.07) is 17.3. The number of Topliss-reactive ketones (excluding diaryl/α,β-unsaturated/α-hetero) is 1. The molecule has 0 unspecified atom stereocenters. The first-order valence-corrected chi connectivity index (χ1v) is 8.48. The molecule has 0 radical (unpaired) electrons. The van der Waals surface area contributed by atoms with Crippen LogP contribution < -0.4 is 9.47 Å². The zero-order chi connectivity index (χ0) is 17.2. The highest BCUT2D eigenvalue weighted by Gasteiger charge is 2.28. The second kappa shape index (κ2) is 6.37. The fourth-order valence-electron chi connectivity index (χ4n) is 2.47. The maximum absolute atomic E-state index is 12.4. The van der Waals surface area contributed by atoms with Gasteiger partial charge >= 0.3 is 5.97 Å². The van der Waals surface area contributed by atoms with E-state index in [1.165, 1.54) is 11.3 Å². The second-order valence-electron chi connectivity index (χ2n) is 5.37. The Bertz CT molecular complexity index is 972. The molecule has 0 atom stereocenters. The van der Waals surface area contributed by atoms with Gasteiger partial charge in [0.15, 0.2) is 5.76 Å². The summed E-state index contributed by atoms with van der Waals surface area (Å²) in [6.45, 7) is 0. The minimum Gasteiger partial charge on any atom is -0.452 e. The number of hydrogen-bond donors (Lipinski definition) is 0. The molecule has 122 valence electrons. The maximum Gasteiger partial charge on any atom is 0.343 e. The minimum absolute atomic E-state index is 0.177. The summed E-state index contributed by atoms with van der Waals surface area (Å²) < 4.78 is 11.0. The van der Waals surface area contributed by atoms with Crippen molar-refractivity contribution in [2.45, 2.75) is 0 Å². The number of thiophene rings is 1. The molecule has 0 amide bonds. The average Bonchev–Trinajstić information content (AvgIpc) is 3.24. The van der Waals surface area contributed by atoms with Gasteiger partial charge in [-0.2, -0.15) is 0 Å². The van der Waals surface area contributed by atoms with Gasteiger partial charge in [0.05, 0.1) is 11.1 Å². The third-order valence-electron chi connectivity index (χ3n) is 3.68. The Morgan fingerprint density at radius 2 is 1.88 bits per heavy atom. The van der Waals surface area contributed by atoms with E-state index in [-0.39, 0.29) is 11.5 Å². The Morgan fingerprint density at radius 3 is 2.64 bits per heavy atom. The van der Waals surface area contributed by atoms with Crippen LogP contribution in [-0.2, 0) is 0 Å². The zero-order valence-electron chi connectivity index (χ0n) is 13.0. The van der Waals surface area contributed by atoms with E-state index in [2.05, 4.69) is 0 Å². The van der Waals surface area contributed by atoms with Crippen molar-refractivity contribution in [2.75, 3.05) is 0 Å². The molecular weight excluding hydrogens is 336 g/mol. The van der Waals surface area contributed by atoms with Gasteiger partial charge in [0, 0.05) is 17.0 Å². The number of ether oxygens (including phenoxy) is 2. The molecule has 0 aliphatic carbocycles. The van der Waals surface area contributed by atoms with Gasteiger partial charge in [0.25, 0.3) is 0 Å². The summed E-state index contributed by atoms with van der Waals surface area (Å²) >= 11 is 1.52. The van der Waals surface area contributed by atoms with Gasteiger partial charge in [-0.1, -0.05) is 24.3 Å². The lowest BCUT2D eigenvalue weighted by molar-refractivity contribution is 0.0734. The van der Waals surface area contributed by atoms with Crippen LogP contribution in [0, 0.1) is 0 Å². The Balaban J connectivity index is 1.56. The predicted octanol–water partition coefficient (Wildman–Crippen LogP) is 4.58. The van der Waals surface area contributed by atoms with Crippen molar-refractivity contribution < 1.29 is 19.1 Å². The first kappa shape index (κ1) is 15.4. The van der Waals surface area contributed by atoms with E-state index in [4.69, 9.17) is 9.47 Å². The van der Waals surface area contributed by atoms with Gasteiger partial charge in [0.1, 0.15) is 11.5 Å². The zero-order valence-corrected chi connectivity index (χ0v) is 13.8. The van der Waals surface area contributed by atoms with Crippen LogP contribution >= 0.6 is 11.3 Å². The molecule has 0 spiro atoms. The Kier molecular flexibility index (Phi) is 3.91. The molecule has 0 N–H and O–H groups in total. The third-order valence-corrected chi connectivity index (χ3v) is 4.50. The van der Waals surface area contributed by atoms with Crippen molar-refractivity contribution in [3.8, 4) is 11.5 Å². The number of carbonyl (C=O) groups is 2. The summed E-state index contributed by atoms with van der Waals surface area (Å²) in [5, 5.41) is 1.93. The quantitative estimate of drug-likeness (QED) is 0.395. The van der Waals surface area contributed by atoms with Crippen LogP contribution in [0.1, 0.15) is 25.6 Å². The first-order valence-electron chi connectivity index (χ1n) is 7.60. The first-order chi connectivity index (χ1) is 12.2. The van der Waals surface area contributed by atoms with Crippen molar-refractivity contribution in [3.05, 3.63) is 87.8 Å². The highest BCUT2D eigenvalue weighted by Crippen LogP contribution is 2.35. The largest absolute Gasteiger partial charge is 0.452 e. The molecule has 25 heavy (non-hydrogen) atoms. The normalized spacial score (nSPS) is 14.2. The number of allylic oxidation sites excluding steroid dienone is 1. The standard InChI is InChI=1S/C20H12O4S/c21-19-16-9-8-14(23-20(22)13-5-2-1-3-6-13)11-17(16)24-18(19)12-15-7-4-10-25-15/h1-12H/b18-12-. The molecule has 0 saturated carbocycles. The molecule has 2 aromatic carbocycles. The summed E-state index contributed by atoms with van der Waals surface area (Å²) in [6.07, 6.45) is 1.71. The Morgan fingerprint density at radius 1 is 1.04 bits per heavy atom. The molecule has 4 rings (SSSR count). The lowest BCUT2D eigenvalue weighted by Gasteiger charge is -2.05. The third kappa shape index (κ3) is 3.09. The Labute approximate surface area is 148 Å². The number of hydrogen-bond acceptors (Lipinski definition) is 5. The molecule has 3 aromatic rings.